The third-order valence-electron chi connectivity index (χ3n) is 6.25. The average Bonchev–Trinajstić information content (AvgIpc) is 2.93. The van der Waals surface area contributed by atoms with Crippen LogP contribution in [0.5, 0.6) is 0 Å². The van der Waals surface area contributed by atoms with Crippen molar-refractivity contribution in [2.24, 2.45) is 0 Å². The van der Waals surface area contributed by atoms with Crippen molar-refractivity contribution in [1.29, 1.82) is 0 Å². The third kappa shape index (κ3) is 2.43. The summed E-state index contributed by atoms with van der Waals surface area (Å²) in [5, 5.41) is 2.60. The van der Waals surface area contributed by atoms with Gasteiger partial charge in [0, 0.05) is 17.2 Å². The van der Waals surface area contributed by atoms with E-state index < -0.39 is 0 Å². The number of hydrogen-bond acceptors (Lipinski definition) is 1. The Hall–Kier alpha value is -2.93. The van der Waals surface area contributed by atoms with E-state index in [1.807, 2.05) is 6.20 Å². The van der Waals surface area contributed by atoms with E-state index in [1.54, 1.807) is 0 Å². The fourth-order valence-electron chi connectivity index (χ4n) is 4.70. The van der Waals surface area contributed by atoms with Gasteiger partial charge in [-0.05, 0) is 68.8 Å². The molecule has 138 valence electrons. The van der Waals surface area contributed by atoms with Crippen molar-refractivity contribution >= 4 is 10.8 Å². The van der Waals surface area contributed by atoms with Crippen LogP contribution in [0.2, 0.25) is 0 Å². The van der Waals surface area contributed by atoms with Crippen molar-refractivity contribution in [2.75, 3.05) is 0 Å². The molecule has 1 heterocycles. The normalized spacial score (nSPS) is 14.3. The Bertz CT molecular complexity index is 1210. The molecule has 1 aliphatic rings. The average molecular weight is 364 g/mol. The molecule has 1 aliphatic carbocycles. The van der Waals surface area contributed by atoms with Crippen molar-refractivity contribution in [3.05, 3.63) is 89.6 Å². The molecule has 0 amide bonds. The van der Waals surface area contributed by atoms with Crippen LogP contribution in [-0.2, 0) is 5.41 Å². The first-order valence-corrected chi connectivity index (χ1v) is 10.1. The number of aromatic nitrogens is 1. The summed E-state index contributed by atoms with van der Waals surface area (Å²) < 4.78 is 0. The molecule has 0 saturated carbocycles. The van der Waals surface area contributed by atoms with Crippen LogP contribution in [0, 0.1) is 0 Å². The fraction of sp³-hybridized carbons (Fsp3) is 0.222. The van der Waals surface area contributed by atoms with E-state index in [-0.39, 0.29) is 5.41 Å². The molecule has 3 aromatic carbocycles. The van der Waals surface area contributed by atoms with Crippen LogP contribution in [0.3, 0.4) is 0 Å². The van der Waals surface area contributed by atoms with E-state index in [4.69, 9.17) is 4.98 Å². The van der Waals surface area contributed by atoms with E-state index in [2.05, 4.69) is 94.4 Å². The molecule has 0 radical (unpaired) electrons. The van der Waals surface area contributed by atoms with Crippen LogP contribution < -0.4 is 0 Å². The second-order valence-corrected chi connectivity index (χ2v) is 8.73. The lowest BCUT2D eigenvalue weighted by molar-refractivity contribution is 0.660. The SMILES string of the molecule is CC(C)c1cccc(-c2nccc3c2C(C)(C)c2cc4ccccc4cc2-3)c1. The van der Waals surface area contributed by atoms with Gasteiger partial charge in [0.1, 0.15) is 0 Å². The van der Waals surface area contributed by atoms with E-state index >= 15 is 0 Å². The summed E-state index contributed by atoms with van der Waals surface area (Å²) in [5.41, 5.74) is 9.03. The number of benzene rings is 3. The van der Waals surface area contributed by atoms with Crippen molar-refractivity contribution < 1.29 is 0 Å². The topological polar surface area (TPSA) is 12.9 Å². The first-order chi connectivity index (χ1) is 13.5. The molecular weight excluding hydrogens is 338 g/mol. The second-order valence-electron chi connectivity index (χ2n) is 8.73. The van der Waals surface area contributed by atoms with Crippen LogP contribution in [0.25, 0.3) is 33.2 Å². The molecule has 0 spiro atoms. The fourth-order valence-corrected chi connectivity index (χ4v) is 4.70. The Morgan fingerprint density at radius 3 is 2.29 bits per heavy atom. The zero-order chi connectivity index (χ0) is 19.5. The number of fused-ring (bicyclic) bond motifs is 4. The number of pyridine rings is 1. The predicted molar refractivity (Wildman–Crippen MR) is 119 cm³/mol. The highest BCUT2D eigenvalue weighted by Gasteiger charge is 2.38. The van der Waals surface area contributed by atoms with Crippen LogP contribution >= 0.6 is 0 Å². The molecule has 5 rings (SSSR count). The van der Waals surface area contributed by atoms with Crippen LogP contribution in [-0.4, -0.2) is 4.98 Å². The van der Waals surface area contributed by atoms with Crippen LogP contribution in [0.1, 0.15) is 50.3 Å². The Morgan fingerprint density at radius 2 is 1.54 bits per heavy atom. The van der Waals surface area contributed by atoms with Gasteiger partial charge in [0.15, 0.2) is 0 Å². The molecule has 1 nitrogen and oxygen atoms in total. The van der Waals surface area contributed by atoms with Crippen LogP contribution in [0.15, 0.2) is 72.9 Å². The maximum Gasteiger partial charge on any atom is 0.0749 e. The van der Waals surface area contributed by atoms with E-state index in [1.165, 1.54) is 44.2 Å². The van der Waals surface area contributed by atoms with Gasteiger partial charge in [-0.1, -0.05) is 70.2 Å². The van der Waals surface area contributed by atoms with Crippen molar-refractivity contribution in [3.63, 3.8) is 0 Å². The highest BCUT2D eigenvalue weighted by molar-refractivity contribution is 5.95. The Morgan fingerprint density at radius 1 is 0.786 bits per heavy atom. The van der Waals surface area contributed by atoms with Crippen LogP contribution in [0.4, 0.5) is 0 Å². The van der Waals surface area contributed by atoms with Gasteiger partial charge in [0.2, 0.25) is 0 Å². The first kappa shape index (κ1) is 17.2. The first-order valence-electron chi connectivity index (χ1n) is 10.1. The molecular formula is C27H25N. The molecule has 0 atom stereocenters. The lowest BCUT2D eigenvalue weighted by Crippen LogP contribution is -2.17. The van der Waals surface area contributed by atoms with E-state index in [9.17, 15) is 0 Å². The van der Waals surface area contributed by atoms with Gasteiger partial charge in [-0.2, -0.15) is 0 Å². The van der Waals surface area contributed by atoms with E-state index in [0.29, 0.717) is 5.92 Å². The molecule has 0 fully saturated rings. The highest BCUT2D eigenvalue weighted by Crippen LogP contribution is 2.52. The van der Waals surface area contributed by atoms with Gasteiger partial charge < -0.3 is 0 Å². The molecule has 0 unspecified atom stereocenters. The summed E-state index contributed by atoms with van der Waals surface area (Å²) in [4.78, 5) is 4.87. The molecule has 0 saturated heterocycles. The molecule has 1 aromatic heterocycles. The summed E-state index contributed by atoms with van der Waals surface area (Å²) in [5.74, 6) is 0.507. The smallest absolute Gasteiger partial charge is 0.0749 e. The zero-order valence-corrected chi connectivity index (χ0v) is 17.0. The van der Waals surface area contributed by atoms with Gasteiger partial charge in [0.25, 0.3) is 0 Å². The minimum absolute atomic E-state index is 0.0773. The standard InChI is InChI=1S/C27H25N/c1-17(2)18-10-7-11-21(14-18)26-25-22(12-13-28-26)23-15-19-8-5-6-9-20(19)16-24(23)27(25,3)4/h5-17H,1-4H3. The van der Waals surface area contributed by atoms with Gasteiger partial charge in [-0.25, -0.2) is 0 Å². The number of hydrogen-bond donors (Lipinski definition) is 0. The molecule has 0 N–H and O–H groups in total. The minimum atomic E-state index is -0.0773. The maximum absolute atomic E-state index is 4.87. The second kappa shape index (κ2) is 6.04. The number of rotatable bonds is 2. The molecule has 4 aromatic rings. The van der Waals surface area contributed by atoms with Crippen molar-refractivity contribution in [2.45, 2.75) is 39.0 Å². The van der Waals surface area contributed by atoms with E-state index in [0.717, 1.165) is 5.69 Å². The van der Waals surface area contributed by atoms with Gasteiger partial charge in [0.05, 0.1) is 5.69 Å². The molecule has 1 heteroatoms. The van der Waals surface area contributed by atoms with Gasteiger partial charge in [-0.15, -0.1) is 0 Å². The van der Waals surface area contributed by atoms with Gasteiger partial charge >= 0.3 is 0 Å². The quantitative estimate of drug-likeness (QED) is 0.363. The lowest BCUT2D eigenvalue weighted by Gasteiger charge is -2.24. The Kier molecular flexibility index (Phi) is 3.71. The van der Waals surface area contributed by atoms with Gasteiger partial charge in [-0.3, -0.25) is 4.98 Å². The monoisotopic (exact) mass is 363 g/mol. The Labute approximate surface area is 167 Å². The van der Waals surface area contributed by atoms with Crippen molar-refractivity contribution in [1.82, 2.24) is 4.98 Å². The summed E-state index contributed by atoms with van der Waals surface area (Å²) >= 11 is 0. The summed E-state index contributed by atoms with van der Waals surface area (Å²) in [7, 11) is 0. The Balaban J connectivity index is 1.79. The lowest BCUT2D eigenvalue weighted by atomic mass is 9.80. The molecule has 0 bridgehead atoms. The predicted octanol–water partition coefficient (Wildman–Crippen LogP) is 7.33. The van der Waals surface area contributed by atoms with Crippen molar-refractivity contribution in [3.8, 4) is 22.4 Å². The zero-order valence-electron chi connectivity index (χ0n) is 17.0. The molecule has 0 aliphatic heterocycles. The maximum atomic E-state index is 4.87. The summed E-state index contributed by atoms with van der Waals surface area (Å²) in [6.45, 7) is 9.16. The summed E-state index contributed by atoms with van der Waals surface area (Å²) in [6.07, 6.45) is 1.97. The third-order valence-corrected chi connectivity index (χ3v) is 6.25. The summed E-state index contributed by atoms with van der Waals surface area (Å²) in [6, 6.07) is 24.4. The minimum Gasteiger partial charge on any atom is -0.256 e. The highest BCUT2D eigenvalue weighted by atomic mass is 14.7. The number of nitrogens with zero attached hydrogens (tertiary/aromatic N) is 1. The molecule has 28 heavy (non-hydrogen) atoms. The largest absolute Gasteiger partial charge is 0.256 e.